The molecule has 0 aliphatic heterocycles. The second kappa shape index (κ2) is 8.55. The van der Waals surface area contributed by atoms with Gasteiger partial charge in [0.05, 0.1) is 16.8 Å². The highest BCUT2D eigenvalue weighted by Gasteiger charge is 2.22. The fourth-order valence-corrected chi connectivity index (χ4v) is 4.11. The molecule has 0 aliphatic carbocycles. The minimum Gasteiger partial charge on any atom is -0.383 e. The van der Waals surface area contributed by atoms with Crippen molar-refractivity contribution in [1.29, 1.82) is 0 Å². The number of nitrogens with two attached hydrogens (primary N) is 2. The Morgan fingerprint density at radius 1 is 0.971 bits per heavy atom. The Labute approximate surface area is 202 Å². The number of pyridine rings is 1. The molecule has 0 bridgehead atoms. The second-order valence-corrected chi connectivity index (χ2v) is 8.26. The molecule has 0 saturated carbocycles. The Bertz CT molecular complexity index is 1590. The number of benzene rings is 2. The summed E-state index contributed by atoms with van der Waals surface area (Å²) in [5.41, 5.74) is 14.6. The molecule has 35 heavy (non-hydrogen) atoms. The summed E-state index contributed by atoms with van der Waals surface area (Å²) in [5.74, 6) is -3.09. The van der Waals surface area contributed by atoms with E-state index in [9.17, 15) is 13.2 Å². The first-order chi connectivity index (χ1) is 16.7. The second-order valence-electron chi connectivity index (χ2n) is 7.82. The molecule has 0 saturated heterocycles. The maximum absolute atomic E-state index is 14.4. The number of hydrogen-bond donors (Lipinski definition) is 2. The van der Waals surface area contributed by atoms with Crippen LogP contribution in [0.5, 0.6) is 0 Å². The van der Waals surface area contributed by atoms with E-state index >= 15 is 0 Å². The third-order valence-corrected chi connectivity index (χ3v) is 5.86. The summed E-state index contributed by atoms with van der Waals surface area (Å²) in [7, 11) is 0. The molecule has 5 rings (SSSR count). The van der Waals surface area contributed by atoms with Crippen molar-refractivity contribution >= 4 is 34.1 Å². The molecule has 0 radical (unpaired) electrons. The molecule has 0 unspecified atom stereocenters. The first kappa shape index (κ1) is 22.6. The van der Waals surface area contributed by atoms with Gasteiger partial charge in [0, 0.05) is 39.8 Å². The summed E-state index contributed by atoms with van der Waals surface area (Å²) in [6.07, 6.45) is 1.31. The lowest BCUT2D eigenvalue weighted by Crippen LogP contribution is -2.11. The quantitative estimate of drug-likeness (QED) is 0.339. The molecule has 0 fully saturated rings. The number of aryl methyl sites for hydroxylation is 1. The van der Waals surface area contributed by atoms with E-state index < -0.39 is 23.0 Å². The summed E-state index contributed by atoms with van der Waals surface area (Å²) < 4.78 is 43.8. The van der Waals surface area contributed by atoms with Gasteiger partial charge in [0.1, 0.15) is 17.5 Å². The molecule has 0 spiro atoms. The number of rotatable bonds is 4. The molecule has 7 nitrogen and oxygen atoms in total. The molecule has 0 atom stereocenters. The predicted octanol–water partition coefficient (Wildman–Crippen LogP) is 5.01. The summed E-state index contributed by atoms with van der Waals surface area (Å²) in [6, 6.07) is 10.0. The van der Waals surface area contributed by atoms with Crippen molar-refractivity contribution in [3.63, 3.8) is 0 Å². The van der Waals surface area contributed by atoms with Crippen molar-refractivity contribution in [1.82, 2.24) is 24.7 Å². The van der Waals surface area contributed by atoms with Crippen LogP contribution in [0, 0.1) is 24.4 Å². The van der Waals surface area contributed by atoms with E-state index in [1.165, 1.54) is 4.68 Å². The van der Waals surface area contributed by atoms with Crippen molar-refractivity contribution in [3.8, 4) is 17.1 Å². The van der Waals surface area contributed by atoms with Gasteiger partial charge in [-0.15, -0.1) is 0 Å². The molecule has 2 aromatic carbocycles. The van der Waals surface area contributed by atoms with E-state index in [0.717, 1.165) is 12.1 Å². The van der Waals surface area contributed by atoms with Gasteiger partial charge >= 0.3 is 0 Å². The van der Waals surface area contributed by atoms with Crippen molar-refractivity contribution in [2.24, 2.45) is 0 Å². The average molecular weight is 496 g/mol. The van der Waals surface area contributed by atoms with Gasteiger partial charge < -0.3 is 11.5 Å². The van der Waals surface area contributed by atoms with Crippen LogP contribution in [0.2, 0.25) is 5.02 Å². The van der Waals surface area contributed by atoms with Gasteiger partial charge in [-0.1, -0.05) is 17.7 Å². The van der Waals surface area contributed by atoms with Gasteiger partial charge in [0.2, 0.25) is 0 Å². The van der Waals surface area contributed by atoms with Gasteiger partial charge in [-0.2, -0.15) is 19.7 Å². The van der Waals surface area contributed by atoms with Gasteiger partial charge in [0.25, 0.3) is 5.95 Å². The fourth-order valence-electron chi connectivity index (χ4n) is 3.94. The third-order valence-electron chi connectivity index (χ3n) is 5.62. The highest BCUT2D eigenvalue weighted by molar-refractivity contribution is 6.31. The maximum atomic E-state index is 14.4. The zero-order valence-electron chi connectivity index (χ0n) is 18.2. The predicted molar refractivity (Wildman–Crippen MR) is 128 cm³/mol. The van der Waals surface area contributed by atoms with E-state index in [0.29, 0.717) is 32.7 Å². The van der Waals surface area contributed by atoms with Crippen LogP contribution >= 0.6 is 11.6 Å². The van der Waals surface area contributed by atoms with Crippen LogP contribution in [0.1, 0.15) is 17.0 Å². The summed E-state index contributed by atoms with van der Waals surface area (Å²) in [5, 5.41) is 5.32. The van der Waals surface area contributed by atoms with Crippen LogP contribution in [0.4, 0.5) is 24.8 Å². The minimum atomic E-state index is -1.28. The lowest BCUT2D eigenvalue weighted by molar-refractivity contribution is 0.482. The Morgan fingerprint density at radius 2 is 1.69 bits per heavy atom. The smallest absolute Gasteiger partial charge is 0.255 e. The highest BCUT2D eigenvalue weighted by atomic mass is 35.5. The van der Waals surface area contributed by atoms with Crippen LogP contribution < -0.4 is 11.5 Å². The van der Waals surface area contributed by atoms with Crippen LogP contribution in [0.3, 0.4) is 0 Å². The largest absolute Gasteiger partial charge is 0.383 e. The zero-order chi connectivity index (χ0) is 24.9. The topological polar surface area (TPSA) is 109 Å². The molecular formula is C24H17ClF3N7. The number of fused-ring (bicyclic) bond motifs is 1. The van der Waals surface area contributed by atoms with Crippen molar-refractivity contribution < 1.29 is 13.2 Å². The van der Waals surface area contributed by atoms with Crippen molar-refractivity contribution in [2.75, 3.05) is 11.5 Å². The molecular weight excluding hydrogens is 479 g/mol. The normalized spacial score (nSPS) is 11.3. The van der Waals surface area contributed by atoms with Crippen LogP contribution in [0.15, 0.2) is 48.7 Å². The zero-order valence-corrected chi connectivity index (χ0v) is 19.0. The third kappa shape index (κ3) is 3.91. The standard InChI is InChI=1S/C24H17ClF3N7/c1-11-13(3-2-8-31-11)20-22(29)32-24(33-23(20)30)35-19-7-4-12(25)9-15(19)18(34-35)10-14-16(26)5-6-17(27)21(14)28/h2-9H,10H2,1H3,(H4,29,30,32,33). The summed E-state index contributed by atoms with van der Waals surface area (Å²) in [6.45, 7) is 1.81. The van der Waals surface area contributed by atoms with E-state index in [-0.39, 0.29) is 29.7 Å². The van der Waals surface area contributed by atoms with Gasteiger partial charge in [-0.3, -0.25) is 4.98 Å². The molecule has 4 N–H and O–H groups in total. The van der Waals surface area contributed by atoms with E-state index in [1.807, 2.05) is 6.92 Å². The SMILES string of the molecule is Cc1ncccc1-c1c(N)nc(-n2nc(Cc3c(F)ccc(F)c3F)c3cc(Cl)ccc32)nc1N. The molecule has 5 aromatic rings. The number of nitrogens with zero attached hydrogens (tertiary/aromatic N) is 5. The summed E-state index contributed by atoms with van der Waals surface area (Å²) >= 11 is 6.17. The maximum Gasteiger partial charge on any atom is 0.255 e. The van der Waals surface area contributed by atoms with Gasteiger partial charge in [-0.05, 0) is 43.3 Å². The van der Waals surface area contributed by atoms with E-state index in [4.69, 9.17) is 23.1 Å². The molecule has 0 amide bonds. The Balaban J connectivity index is 1.68. The lowest BCUT2D eigenvalue weighted by atomic mass is 10.1. The number of halogens is 4. The first-order valence-electron chi connectivity index (χ1n) is 10.4. The first-order valence-corrected chi connectivity index (χ1v) is 10.8. The van der Waals surface area contributed by atoms with Crippen LogP contribution in [-0.2, 0) is 6.42 Å². The molecule has 3 heterocycles. The number of nitrogen functional groups attached to an aromatic ring is 2. The fraction of sp³-hybridized carbons (Fsp3) is 0.0833. The van der Waals surface area contributed by atoms with Crippen molar-refractivity contribution in [3.05, 3.63) is 88.1 Å². The molecule has 3 aromatic heterocycles. The molecule has 11 heteroatoms. The minimum absolute atomic E-state index is 0.0454. The number of aromatic nitrogens is 5. The Morgan fingerprint density at radius 3 is 2.40 bits per heavy atom. The van der Waals surface area contributed by atoms with Gasteiger partial charge in [0.15, 0.2) is 11.6 Å². The van der Waals surface area contributed by atoms with Crippen molar-refractivity contribution in [2.45, 2.75) is 13.3 Å². The number of anilines is 2. The Hall–Kier alpha value is -4.18. The Kier molecular flexibility index (Phi) is 5.52. The average Bonchev–Trinajstić information content (AvgIpc) is 3.17. The van der Waals surface area contributed by atoms with E-state index in [2.05, 4.69) is 20.1 Å². The summed E-state index contributed by atoms with van der Waals surface area (Å²) in [4.78, 5) is 13.0. The molecule has 176 valence electrons. The number of hydrogen-bond acceptors (Lipinski definition) is 6. The lowest BCUT2D eigenvalue weighted by Gasteiger charge is -2.12. The van der Waals surface area contributed by atoms with Crippen LogP contribution in [-0.4, -0.2) is 24.7 Å². The monoisotopic (exact) mass is 495 g/mol. The molecule has 0 aliphatic rings. The highest BCUT2D eigenvalue weighted by Crippen LogP contribution is 2.33. The van der Waals surface area contributed by atoms with Crippen LogP contribution in [0.25, 0.3) is 28.0 Å². The van der Waals surface area contributed by atoms with E-state index in [1.54, 1.807) is 36.5 Å². The van der Waals surface area contributed by atoms with Gasteiger partial charge in [-0.25, -0.2) is 13.2 Å².